The molecule has 2 aliphatic heterocycles. The van der Waals surface area contributed by atoms with Gasteiger partial charge in [0, 0.05) is 37.5 Å². The summed E-state index contributed by atoms with van der Waals surface area (Å²) in [5.41, 5.74) is 0.791. The average Bonchev–Trinajstić information content (AvgIpc) is 3.23. The van der Waals surface area contributed by atoms with Gasteiger partial charge in [-0.1, -0.05) is 12.1 Å². The van der Waals surface area contributed by atoms with Gasteiger partial charge in [0.25, 0.3) is 0 Å². The van der Waals surface area contributed by atoms with Crippen molar-refractivity contribution >= 4 is 10.0 Å². The molecule has 2 heterocycles. The Morgan fingerprint density at radius 3 is 2.96 bits per heavy atom. The molecule has 0 amide bonds. The van der Waals surface area contributed by atoms with Crippen LogP contribution in [0.2, 0.25) is 0 Å². The lowest BCUT2D eigenvalue weighted by Gasteiger charge is -2.27. The molecule has 0 spiro atoms. The minimum absolute atomic E-state index is 0.157. The molecule has 132 valence electrons. The van der Waals surface area contributed by atoms with Crippen LogP contribution in [0, 0.1) is 17.2 Å². The van der Waals surface area contributed by atoms with Crippen LogP contribution < -0.4 is 4.72 Å². The Balaban J connectivity index is 1.43. The molecule has 3 aliphatic rings. The highest BCUT2D eigenvalue weighted by molar-refractivity contribution is 7.90. The van der Waals surface area contributed by atoms with E-state index < -0.39 is 10.0 Å². The number of rotatable bonds is 6. The minimum Gasteiger partial charge on any atom is -0.380 e. The van der Waals surface area contributed by atoms with E-state index in [0.717, 1.165) is 31.5 Å². The van der Waals surface area contributed by atoms with Crippen molar-refractivity contribution in [2.24, 2.45) is 11.3 Å². The number of nitrogens with zero attached hydrogens (tertiary/aromatic N) is 1. The molecule has 1 saturated carbocycles. The molecule has 5 nitrogen and oxygen atoms in total. The number of halogens is 1. The number of likely N-dealkylation sites (tertiary alicyclic amines) is 1. The summed E-state index contributed by atoms with van der Waals surface area (Å²) < 4.78 is 46.1. The van der Waals surface area contributed by atoms with E-state index in [-0.39, 0.29) is 16.5 Å². The Bertz CT molecular complexity index is 722. The van der Waals surface area contributed by atoms with Gasteiger partial charge in [0.2, 0.25) is 10.0 Å². The van der Waals surface area contributed by atoms with E-state index in [9.17, 15) is 12.8 Å². The van der Waals surface area contributed by atoms with Crippen molar-refractivity contribution in [3.8, 4) is 0 Å². The van der Waals surface area contributed by atoms with Gasteiger partial charge in [-0.2, -0.15) is 0 Å². The van der Waals surface area contributed by atoms with E-state index in [2.05, 4.69) is 9.62 Å². The largest absolute Gasteiger partial charge is 0.380 e. The Hall–Kier alpha value is -1.02. The van der Waals surface area contributed by atoms with Crippen LogP contribution in [-0.2, 0) is 21.3 Å². The summed E-state index contributed by atoms with van der Waals surface area (Å²) in [6.45, 7) is 4.03. The van der Waals surface area contributed by atoms with Crippen LogP contribution in [0.15, 0.2) is 24.3 Å². The number of fused-ring (bicyclic) bond motifs is 1. The van der Waals surface area contributed by atoms with Gasteiger partial charge in [-0.15, -0.1) is 0 Å². The van der Waals surface area contributed by atoms with Crippen molar-refractivity contribution < 1.29 is 17.5 Å². The maximum absolute atomic E-state index is 13.4. The van der Waals surface area contributed by atoms with Crippen LogP contribution in [0.25, 0.3) is 0 Å². The standard InChI is InChI=1S/C17H23FN2O3S/c18-15-3-1-2-13(6-15)7-20-8-14-9-23-12-17(14,11-20)10-19-24(21,22)16-4-5-16/h1-3,6,14,16,19H,4-5,7-12H2/t14-,17+/m1/s1. The molecule has 2 atom stereocenters. The van der Waals surface area contributed by atoms with Gasteiger partial charge in [-0.25, -0.2) is 17.5 Å². The highest BCUT2D eigenvalue weighted by Gasteiger charge is 2.51. The van der Waals surface area contributed by atoms with Crippen molar-refractivity contribution in [3.63, 3.8) is 0 Å². The SMILES string of the molecule is O=S(=O)(NC[C@]12COC[C@H]1CN(Cc1cccc(F)c1)C2)C1CC1. The zero-order valence-electron chi connectivity index (χ0n) is 13.6. The van der Waals surface area contributed by atoms with Gasteiger partial charge in [0.1, 0.15) is 5.82 Å². The number of benzene rings is 1. The van der Waals surface area contributed by atoms with Crippen molar-refractivity contribution in [2.75, 3.05) is 32.8 Å². The fraction of sp³-hybridized carbons (Fsp3) is 0.647. The van der Waals surface area contributed by atoms with Gasteiger partial charge in [0.05, 0.1) is 18.5 Å². The molecule has 1 aromatic carbocycles. The summed E-state index contributed by atoms with van der Waals surface area (Å²) in [6, 6.07) is 6.66. The van der Waals surface area contributed by atoms with Crippen LogP contribution in [-0.4, -0.2) is 51.4 Å². The molecule has 0 unspecified atom stereocenters. The van der Waals surface area contributed by atoms with Crippen LogP contribution in [0.1, 0.15) is 18.4 Å². The monoisotopic (exact) mass is 354 g/mol. The first kappa shape index (κ1) is 16.4. The summed E-state index contributed by atoms with van der Waals surface area (Å²) in [7, 11) is -3.17. The lowest BCUT2D eigenvalue weighted by atomic mass is 9.81. The predicted octanol–water partition coefficient (Wildman–Crippen LogP) is 1.36. The Morgan fingerprint density at radius 2 is 2.21 bits per heavy atom. The molecule has 2 saturated heterocycles. The number of hydrogen-bond donors (Lipinski definition) is 1. The second kappa shape index (κ2) is 6.05. The molecule has 3 fully saturated rings. The van der Waals surface area contributed by atoms with Crippen LogP contribution >= 0.6 is 0 Å². The first-order valence-electron chi connectivity index (χ1n) is 8.50. The molecular weight excluding hydrogens is 331 g/mol. The number of ether oxygens (including phenoxy) is 1. The number of hydrogen-bond acceptors (Lipinski definition) is 4. The van der Waals surface area contributed by atoms with Crippen LogP contribution in [0.5, 0.6) is 0 Å². The predicted molar refractivity (Wildman–Crippen MR) is 88.4 cm³/mol. The first-order chi connectivity index (χ1) is 11.5. The zero-order chi connectivity index (χ0) is 16.8. The second-order valence-corrected chi connectivity index (χ2v) is 9.48. The van der Waals surface area contributed by atoms with Crippen molar-refractivity contribution in [3.05, 3.63) is 35.6 Å². The number of sulfonamides is 1. The smallest absolute Gasteiger partial charge is 0.214 e. The van der Waals surface area contributed by atoms with E-state index in [0.29, 0.717) is 32.2 Å². The third-order valence-electron chi connectivity index (χ3n) is 5.48. The highest BCUT2D eigenvalue weighted by Crippen LogP contribution is 2.41. The average molecular weight is 354 g/mol. The van der Waals surface area contributed by atoms with E-state index in [1.165, 1.54) is 6.07 Å². The third kappa shape index (κ3) is 3.22. The van der Waals surface area contributed by atoms with Crippen LogP contribution in [0.4, 0.5) is 4.39 Å². The Labute approximate surface area is 142 Å². The molecule has 1 aliphatic carbocycles. The highest BCUT2D eigenvalue weighted by atomic mass is 32.2. The maximum Gasteiger partial charge on any atom is 0.214 e. The summed E-state index contributed by atoms with van der Waals surface area (Å²) in [5.74, 6) is 0.107. The van der Waals surface area contributed by atoms with Gasteiger partial charge in [0.15, 0.2) is 0 Å². The topological polar surface area (TPSA) is 58.6 Å². The molecule has 0 aromatic heterocycles. The van der Waals surface area contributed by atoms with Crippen molar-refractivity contribution in [1.82, 2.24) is 9.62 Å². The van der Waals surface area contributed by atoms with Gasteiger partial charge in [-0.3, -0.25) is 4.90 Å². The molecule has 0 bridgehead atoms. The summed E-state index contributed by atoms with van der Waals surface area (Å²) >= 11 is 0. The lowest BCUT2D eigenvalue weighted by Crippen LogP contribution is -2.43. The van der Waals surface area contributed by atoms with E-state index in [1.54, 1.807) is 12.1 Å². The van der Waals surface area contributed by atoms with Crippen molar-refractivity contribution in [1.29, 1.82) is 0 Å². The van der Waals surface area contributed by atoms with E-state index in [4.69, 9.17) is 4.74 Å². The summed E-state index contributed by atoms with van der Waals surface area (Å²) in [4.78, 5) is 2.29. The fourth-order valence-corrected chi connectivity index (χ4v) is 5.43. The molecule has 1 N–H and O–H groups in total. The second-order valence-electron chi connectivity index (χ2n) is 7.44. The van der Waals surface area contributed by atoms with Gasteiger partial charge >= 0.3 is 0 Å². The molecular formula is C17H23FN2O3S. The van der Waals surface area contributed by atoms with Crippen molar-refractivity contribution in [2.45, 2.75) is 24.6 Å². The summed E-state index contributed by atoms with van der Waals surface area (Å²) in [6.07, 6.45) is 1.54. The maximum atomic E-state index is 13.4. The summed E-state index contributed by atoms with van der Waals surface area (Å²) in [5, 5.41) is -0.195. The van der Waals surface area contributed by atoms with Gasteiger partial charge < -0.3 is 4.74 Å². The van der Waals surface area contributed by atoms with E-state index >= 15 is 0 Å². The first-order valence-corrected chi connectivity index (χ1v) is 10.0. The molecule has 0 radical (unpaired) electrons. The lowest BCUT2D eigenvalue weighted by molar-refractivity contribution is 0.128. The zero-order valence-corrected chi connectivity index (χ0v) is 14.4. The minimum atomic E-state index is -3.17. The number of nitrogens with one attached hydrogen (secondary N) is 1. The molecule has 4 rings (SSSR count). The van der Waals surface area contributed by atoms with E-state index in [1.807, 2.05) is 6.07 Å². The Morgan fingerprint density at radius 1 is 1.38 bits per heavy atom. The quantitative estimate of drug-likeness (QED) is 0.838. The fourth-order valence-electron chi connectivity index (χ4n) is 3.95. The van der Waals surface area contributed by atoms with Crippen LogP contribution in [0.3, 0.4) is 0 Å². The Kier molecular flexibility index (Phi) is 4.15. The van der Waals surface area contributed by atoms with Gasteiger partial charge in [-0.05, 0) is 30.5 Å². The normalized spacial score (nSPS) is 30.6. The molecule has 24 heavy (non-hydrogen) atoms. The molecule has 7 heteroatoms. The third-order valence-corrected chi connectivity index (χ3v) is 7.37. The molecule has 1 aromatic rings.